The fourth-order valence-corrected chi connectivity index (χ4v) is 2.23. The molecule has 3 heteroatoms. The molecule has 1 N–H and O–H groups in total. The number of hydrogen-bond donors (Lipinski definition) is 1. The summed E-state index contributed by atoms with van der Waals surface area (Å²) < 4.78 is 0. The van der Waals surface area contributed by atoms with Crippen LogP contribution >= 0.6 is 0 Å². The predicted molar refractivity (Wildman–Crippen MR) is 80.2 cm³/mol. The van der Waals surface area contributed by atoms with E-state index in [-0.39, 0.29) is 5.91 Å². The maximum absolute atomic E-state index is 11.8. The van der Waals surface area contributed by atoms with Gasteiger partial charge in [0.15, 0.2) is 0 Å². The van der Waals surface area contributed by atoms with Gasteiger partial charge >= 0.3 is 0 Å². The number of hydrogen-bond acceptors (Lipinski definition) is 2. The van der Waals surface area contributed by atoms with Gasteiger partial charge in [-0.05, 0) is 32.0 Å². The fourth-order valence-electron chi connectivity index (χ4n) is 2.23. The van der Waals surface area contributed by atoms with Gasteiger partial charge in [0.25, 0.3) is 0 Å². The Morgan fingerprint density at radius 3 is 2.42 bits per heavy atom. The van der Waals surface area contributed by atoms with Crippen molar-refractivity contribution in [1.29, 1.82) is 0 Å². The monoisotopic (exact) mass is 262 g/mol. The van der Waals surface area contributed by atoms with E-state index in [1.165, 1.54) is 5.56 Å². The second kappa shape index (κ2) is 8.70. The summed E-state index contributed by atoms with van der Waals surface area (Å²) in [6, 6.07) is 10.5. The predicted octanol–water partition coefficient (Wildman–Crippen LogP) is 2.47. The van der Waals surface area contributed by atoms with Crippen molar-refractivity contribution in [2.45, 2.75) is 39.7 Å². The van der Waals surface area contributed by atoms with Crippen molar-refractivity contribution in [3.63, 3.8) is 0 Å². The zero-order valence-electron chi connectivity index (χ0n) is 12.4. The molecule has 1 unspecified atom stereocenters. The van der Waals surface area contributed by atoms with Crippen LogP contribution in [-0.2, 0) is 11.2 Å². The van der Waals surface area contributed by atoms with Crippen molar-refractivity contribution < 1.29 is 4.79 Å². The van der Waals surface area contributed by atoms with Crippen LogP contribution in [0.25, 0.3) is 0 Å². The Labute approximate surface area is 117 Å². The molecule has 0 heterocycles. The molecule has 1 atom stereocenters. The Kier molecular flexibility index (Phi) is 7.19. The van der Waals surface area contributed by atoms with E-state index >= 15 is 0 Å². The van der Waals surface area contributed by atoms with Crippen LogP contribution in [0.1, 0.15) is 32.8 Å². The molecule has 106 valence electrons. The number of nitrogens with zero attached hydrogens (tertiary/aromatic N) is 1. The number of aryl methyl sites for hydroxylation is 1. The smallest absolute Gasteiger partial charge is 0.220 e. The summed E-state index contributed by atoms with van der Waals surface area (Å²) in [6.45, 7) is 9.24. The van der Waals surface area contributed by atoms with Crippen LogP contribution in [0.2, 0.25) is 0 Å². The molecule has 0 saturated heterocycles. The first-order valence-corrected chi connectivity index (χ1v) is 7.22. The first kappa shape index (κ1) is 15.7. The summed E-state index contributed by atoms with van der Waals surface area (Å²) in [5, 5.41) is 3.02. The second-order valence-corrected chi connectivity index (χ2v) is 4.86. The van der Waals surface area contributed by atoms with E-state index in [9.17, 15) is 4.79 Å². The molecule has 1 aromatic rings. The topological polar surface area (TPSA) is 32.3 Å². The second-order valence-electron chi connectivity index (χ2n) is 4.86. The molecular formula is C16H26N2O. The normalized spacial score (nSPS) is 12.4. The molecule has 19 heavy (non-hydrogen) atoms. The number of nitrogens with one attached hydrogen (secondary N) is 1. The van der Waals surface area contributed by atoms with Crippen LogP contribution in [-0.4, -0.2) is 36.5 Å². The van der Waals surface area contributed by atoms with Gasteiger partial charge in [-0.15, -0.1) is 0 Å². The molecule has 1 amide bonds. The highest BCUT2D eigenvalue weighted by Crippen LogP contribution is 2.02. The first-order valence-electron chi connectivity index (χ1n) is 7.22. The van der Waals surface area contributed by atoms with Gasteiger partial charge in [0.1, 0.15) is 0 Å². The van der Waals surface area contributed by atoms with Crippen molar-refractivity contribution in [2.24, 2.45) is 0 Å². The molecule has 0 aromatic heterocycles. The Balaban J connectivity index is 2.24. The van der Waals surface area contributed by atoms with Crippen molar-refractivity contribution in [3.8, 4) is 0 Å². The van der Waals surface area contributed by atoms with Crippen LogP contribution in [0.4, 0.5) is 0 Å². The minimum absolute atomic E-state index is 0.142. The third-order valence-corrected chi connectivity index (χ3v) is 3.51. The number of benzene rings is 1. The van der Waals surface area contributed by atoms with Gasteiger partial charge in [0, 0.05) is 19.0 Å². The molecule has 0 bridgehead atoms. The summed E-state index contributed by atoms with van der Waals surface area (Å²) in [5.74, 6) is 0.142. The van der Waals surface area contributed by atoms with Crippen LogP contribution in [0, 0.1) is 0 Å². The molecule has 1 aromatic carbocycles. The SMILES string of the molecule is CCN(CC)C(C)CNC(=O)CCc1ccccc1. The largest absolute Gasteiger partial charge is 0.355 e. The van der Waals surface area contributed by atoms with Crippen LogP contribution < -0.4 is 5.32 Å². The summed E-state index contributed by atoms with van der Waals surface area (Å²) in [4.78, 5) is 14.1. The average Bonchev–Trinajstić information content (AvgIpc) is 2.45. The number of carbonyl (C=O) groups is 1. The summed E-state index contributed by atoms with van der Waals surface area (Å²) in [7, 11) is 0. The van der Waals surface area contributed by atoms with Crippen molar-refractivity contribution in [3.05, 3.63) is 35.9 Å². The van der Waals surface area contributed by atoms with Crippen LogP contribution in [0.3, 0.4) is 0 Å². The first-order chi connectivity index (χ1) is 9.17. The molecule has 1 rings (SSSR count). The molecule has 0 saturated carbocycles. The Morgan fingerprint density at radius 1 is 1.21 bits per heavy atom. The van der Waals surface area contributed by atoms with Gasteiger partial charge in [-0.25, -0.2) is 0 Å². The minimum atomic E-state index is 0.142. The van der Waals surface area contributed by atoms with Crippen LogP contribution in [0.15, 0.2) is 30.3 Å². The highest BCUT2D eigenvalue weighted by Gasteiger charge is 2.11. The lowest BCUT2D eigenvalue weighted by atomic mass is 10.1. The molecule has 0 fully saturated rings. The van der Waals surface area contributed by atoms with E-state index in [0.717, 1.165) is 26.1 Å². The van der Waals surface area contributed by atoms with E-state index in [1.54, 1.807) is 0 Å². The minimum Gasteiger partial charge on any atom is -0.355 e. The van der Waals surface area contributed by atoms with E-state index in [2.05, 4.69) is 43.1 Å². The number of likely N-dealkylation sites (N-methyl/N-ethyl adjacent to an activating group) is 1. The Bertz CT molecular complexity index is 360. The lowest BCUT2D eigenvalue weighted by molar-refractivity contribution is -0.121. The highest BCUT2D eigenvalue weighted by atomic mass is 16.1. The molecule has 0 aliphatic rings. The lowest BCUT2D eigenvalue weighted by Crippen LogP contribution is -2.42. The van der Waals surface area contributed by atoms with E-state index in [0.29, 0.717) is 12.5 Å². The third-order valence-electron chi connectivity index (χ3n) is 3.51. The van der Waals surface area contributed by atoms with E-state index in [4.69, 9.17) is 0 Å². The maximum Gasteiger partial charge on any atom is 0.220 e. The Hall–Kier alpha value is -1.35. The standard InChI is InChI=1S/C16H26N2O/c1-4-18(5-2)14(3)13-17-16(19)12-11-15-9-7-6-8-10-15/h6-10,14H,4-5,11-13H2,1-3H3,(H,17,19). The van der Waals surface area contributed by atoms with E-state index < -0.39 is 0 Å². The van der Waals surface area contributed by atoms with Crippen molar-refractivity contribution in [2.75, 3.05) is 19.6 Å². The molecule has 0 spiro atoms. The maximum atomic E-state index is 11.8. The quantitative estimate of drug-likeness (QED) is 0.780. The Morgan fingerprint density at radius 2 is 1.84 bits per heavy atom. The van der Waals surface area contributed by atoms with Gasteiger partial charge < -0.3 is 5.32 Å². The molecule has 0 radical (unpaired) electrons. The number of rotatable bonds is 8. The van der Waals surface area contributed by atoms with Gasteiger partial charge in [0.2, 0.25) is 5.91 Å². The molecular weight excluding hydrogens is 236 g/mol. The van der Waals surface area contributed by atoms with E-state index in [1.807, 2.05) is 18.2 Å². The van der Waals surface area contributed by atoms with Gasteiger partial charge in [-0.3, -0.25) is 9.69 Å². The fraction of sp³-hybridized carbons (Fsp3) is 0.562. The zero-order valence-corrected chi connectivity index (χ0v) is 12.4. The zero-order chi connectivity index (χ0) is 14.1. The van der Waals surface area contributed by atoms with Gasteiger partial charge in [-0.1, -0.05) is 44.2 Å². The van der Waals surface area contributed by atoms with Gasteiger partial charge in [-0.2, -0.15) is 0 Å². The van der Waals surface area contributed by atoms with Crippen molar-refractivity contribution >= 4 is 5.91 Å². The highest BCUT2D eigenvalue weighted by molar-refractivity contribution is 5.76. The average molecular weight is 262 g/mol. The summed E-state index contributed by atoms with van der Waals surface area (Å²) in [5.41, 5.74) is 1.22. The summed E-state index contributed by atoms with van der Waals surface area (Å²) >= 11 is 0. The summed E-state index contributed by atoms with van der Waals surface area (Å²) in [6.07, 6.45) is 1.38. The molecule has 0 aliphatic carbocycles. The van der Waals surface area contributed by atoms with Crippen molar-refractivity contribution in [1.82, 2.24) is 10.2 Å². The molecule has 3 nitrogen and oxygen atoms in total. The van der Waals surface area contributed by atoms with Gasteiger partial charge in [0.05, 0.1) is 0 Å². The lowest BCUT2D eigenvalue weighted by Gasteiger charge is -2.26. The third kappa shape index (κ3) is 5.88. The molecule has 0 aliphatic heterocycles. The number of carbonyl (C=O) groups excluding carboxylic acids is 1. The number of amides is 1. The van der Waals surface area contributed by atoms with Crippen LogP contribution in [0.5, 0.6) is 0 Å².